The third-order valence-corrected chi connectivity index (χ3v) is 6.69. The largest absolute Gasteiger partial charge is 0.472 e. The number of nitrogens with one attached hydrogen (secondary N) is 3. The SMILES string of the molecule is CNCc1cc(-c2ccoc2)c(Nc2cc(F)c(S(=O)(=O)Nc3ncns3)cc2Cl)cn1. The Kier molecular flexibility index (Phi) is 6.37. The molecule has 1 aromatic carbocycles. The Balaban J connectivity index is 1.68. The molecule has 166 valence electrons. The van der Waals surface area contributed by atoms with Gasteiger partial charge in [-0.05, 0) is 25.2 Å². The van der Waals surface area contributed by atoms with Gasteiger partial charge in [-0.3, -0.25) is 9.71 Å². The van der Waals surface area contributed by atoms with Crippen LogP contribution in [0.4, 0.5) is 20.9 Å². The first-order chi connectivity index (χ1) is 15.4. The number of nitrogens with zero attached hydrogens (tertiary/aromatic N) is 3. The summed E-state index contributed by atoms with van der Waals surface area (Å²) in [6, 6.07) is 5.68. The van der Waals surface area contributed by atoms with Gasteiger partial charge in [0.15, 0.2) is 0 Å². The fraction of sp³-hybridized carbons (Fsp3) is 0.105. The third-order valence-electron chi connectivity index (χ3n) is 4.31. The molecule has 3 N–H and O–H groups in total. The standard InChI is InChI=1S/C19H16ClFN6O3S2/c1-22-7-12-4-13(11-2-3-30-9-11)17(8-23-12)26-16-6-15(21)18(5-14(16)20)32(28,29)27-19-24-10-25-31-19/h2-6,8-10,22,26H,7H2,1H3,(H,24,25,27). The molecular weight excluding hydrogens is 479 g/mol. The summed E-state index contributed by atoms with van der Waals surface area (Å²) in [4.78, 5) is 7.50. The highest BCUT2D eigenvalue weighted by Crippen LogP contribution is 2.35. The van der Waals surface area contributed by atoms with Crippen LogP contribution in [-0.2, 0) is 16.6 Å². The van der Waals surface area contributed by atoms with Gasteiger partial charge >= 0.3 is 0 Å². The molecule has 0 aliphatic rings. The van der Waals surface area contributed by atoms with Gasteiger partial charge in [-0.1, -0.05) is 11.6 Å². The maximum atomic E-state index is 14.8. The van der Waals surface area contributed by atoms with Crippen LogP contribution in [-0.4, -0.2) is 29.8 Å². The van der Waals surface area contributed by atoms with E-state index >= 15 is 0 Å². The third kappa shape index (κ3) is 4.72. The first kappa shape index (κ1) is 22.1. The molecule has 0 atom stereocenters. The van der Waals surface area contributed by atoms with Crippen LogP contribution in [0.25, 0.3) is 11.1 Å². The van der Waals surface area contributed by atoms with Crippen LogP contribution >= 0.6 is 23.1 Å². The number of sulfonamides is 1. The number of rotatable bonds is 8. The molecule has 0 saturated carbocycles. The zero-order valence-electron chi connectivity index (χ0n) is 16.5. The molecule has 0 radical (unpaired) electrons. The Morgan fingerprint density at radius 3 is 2.75 bits per heavy atom. The van der Waals surface area contributed by atoms with E-state index in [2.05, 4.69) is 29.7 Å². The fourth-order valence-corrected chi connectivity index (χ4v) is 4.92. The molecule has 0 bridgehead atoms. The maximum Gasteiger partial charge on any atom is 0.266 e. The Morgan fingerprint density at radius 2 is 2.06 bits per heavy atom. The minimum Gasteiger partial charge on any atom is -0.472 e. The molecule has 0 saturated heterocycles. The van der Waals surface area contributed by atoms with Gasteiger partial charge in [0.1, 0.15) is 17.0 Å². The topological polar surface area (TPSA) is 122 Å². The predicted molar refractivity (Wildman–Crippen MR) is 120 cm³/mol. The molecule has 0 aliphatic carbocycles. The van der Waals surface area contributed by atoms with Gasteiger partial charge in [0.25, 0.3) is 10.0 Å². The van der Waals surface area contributed by atoms with E-state index in [9.17, 15) is 12.8 Å². The van der Waals surface area contributed by atoms with Gasteiger partial charge in [0.05, 0.1) is 40.8 Å². The Bertz CT molecular complexity index is 1330. The van der Waals surface area contributed by atoms with Crippen LogP contribution in [0.5, 0.6) is 0 Å². The van der Waals surface area contributed by atoms with E-state index in [1.54, 1.807) is 18.5 Å². The molecule has 0 spiro atoms. The molecular formula is C19H16ClFN6O3S2. The lowest BCUT2D eigenvalue weighted by atomic mass is 10.1. The van der Waals surface area contributed by atoms with E-state index in [4.69, 9.17) is 16.0 Å². The summed E-state index contributed by atoms with van der Waals surface area (Å²) >= 11 is 7.13. The van der Waals surface area contributed by atoms with Gasteiger partial charge in [-0.2, -0.15) is 4.37 Å². The summed E-state index contributed by atoms with van der Waals surface area (Å²) in [7, 11) is -2.43. The first-order valence-electron chi connectivity index (χ1n) is 9.09. The maximum absolute atomic E-state index is 14.8. The Labute approximate surface area is 191 Å². The summed E-state index contributed by atoms with van der Waals surface area (Å²) in [5.41, 5.74) is 3.03. The van der Waals surface area contributed by atoms with Gasteiger partial charge in [-0.15, -0.1) is 0 Å². The normalized spacial score (nSPS) is 11.5. The number of hydrogen-bond acceptors (Lipinski definition) is 9. The lowest BCUT2D eigenvalue weighted by molar-refractivity contribution is 0.568. The van der Waals surface area contributed by atoms with Gasteiger partial charge in [-0.25, -0.2) is 17.8 Å². The fourth-order valence-electron chi connectivity index (χ4n) is 2.90. The van der Waals surface area contributed by atoms with Crippen molar-refractivity contribution in [3.8, 4) is 11.1 Å². The van der Waals surface area contributed by atoms with Crippen molar-refractivity contribution >= 4 is 49.7 Å². The van der Waals surface area contributed by atoms with Crippen LogP contribution in [0.2, 0.25) is 5.02 Å². The number of anilines is 3. The van der Waals surface area contributed by atoms with Crippen molar-refractivity contribution in [3.05, 3.63) is 65.8 Å². The van der Waals surface area contributed by atoms with Crippen LogP contribution in [0, 0.1) is 5.82 Å². The zero-order valence-corrected chi connectivity index (χ0v) is 18.9. The molecule has 32 heavy (non-hydrogen) atoms. The van der Waals surface area contributed by atoms with Crippen LogP contribution in [0.1, 0.15) is 5.69 Å². The van der Waals surface area contributed by atoms with Crippen molar-refractivity contribution in [1.82, 2.24) is 19.7 Å². The Hall–Kier alpha value is -3.06. The van der Waals surface area contributed by atoms with E-state index < -0.39 is 20.7 Å². The highest BCUT2D eigenvalue weighted by Gasteiger charge is 2.23. The summed E-state index contributed by atoms with van der Waals surface area (Å²) in [5.74, 6) is -0.987. The summed E-state index contributed by atoms with van der Waals surface area (Å²) < 4.78 is 50.9. The number of benzene rings is 1. The molecule has 0 amide bonds. The van der Waals surface area contributed by atoms with Crippen molar-refractivity contribution in [3.63, 3.8) is 0 Å². The first-order valence-corrected chi connectivity index (χ1v) is 11.7. The average Bonchev–Trinajstić information content (AvgIpc) is 3.45. The van der Waals surface area contributed by atoms with Gasteiger partial charge < -0.3 is 15.1 Å². The van der Waals surface area contributed by atoms with Crippen molar-refractivity contribution in [2.75, 3.05) is 17.1 Å². The molecule has 4 aromatic rings. The predicted octanol–water partition coefficient (Wildman–Crippen LogP) is 4.25. The molecule has 0 fully saturated rings. The van der Waals surface area contributed by atoms with Crippen LogP contribution in [0.15, 0.2) is 58.6 Å². The molecule has 3 heterocycles. The second-order valence-corrected chi connectivity index (χ2v) is 9.34. The van der Waals surface area contributed by atoms with Gasteiger partial charge in [0.2, 0.25) is 5.13 Å². The molecule has 0 aliphatic heterocycles. The second-order valence-electron chi connectivity index (χ2n) is 6.50. The van der Waals surface area contributed by atoms with E-state index in [-0.39, 0.29) is 15.8 Å². The quantitative estimate of drug-likeness (QED) is 0.332. The molecule has 4 rings (SSSR count). The second kappa shape index (κ2) is 9.20. The van der Waals surface area contributed by atoms with Crippen LogP contribution in [0.3, 0.4) is 0 Å². The van der Waals surface area contributed by atoms with Crippen LogP contribution < -0.4 is 15.4 Å². The zero-order chi connectivity index (χ0) is 22.7. The molecule has 13 heteroatoms. The van der Waals surface area contributed by atoms with E-state index in [1.165, 1.54) is 12.6 Å². The van der Waals surface area contributed by atoms with Gasteiger partial charge in [0, 0.05) is 35.3 Å². The van der Waals surface area contributed by atoms with E-state index in [0.717, 1.165) is 40.5 Å². The van der Waals surface area contributed by atoms with Crippen molar-refractivity contribution in [2.45, 2.75) is 11.4 Å². The van der Waals surface area contributed by atoms with Crippen molar-refractivity contribution in [2.24, 2.45) is 0 Å². The Morgan fingerprint density at radius 1 is 1.22 bits per heavy atom. The molecule has 0 unspecified atom stereocenters. The van der Waals surface area contributed by atoms with E-state index in [1.807, 2.05) is 13.1 Å². The average molecular weight is 495 g/mol. The number of aromatic nitrogens is 3. The summed E-state index contributed by atoms with van der Waals surface area (Å²) in [6.45, 7) is 0.550. The highest BCUT2D eigenvalue weighted by molar-refractivity contribution is 7.93. The highest BCUT2D eigenvalue weighted by atomic mass is 35.5. The number of pyridine rings is 1. The minimum absolute atomic E-state index is 0.00137. The number of halogens is 2. The summed E-state index contributed by atoms with van der Waals surface area (Å²) in [5, 5.41) is 6.08. The van der Waals surface area contributed by atoms with E-state index in [0.29, 0.717) is 12.2 Å². The summed E-state index contributed by atoms with van der Waals surface area (Å²) in [6.07, 6.45) is 5.88. The van der Waals surface area contributed by atoms with Crippen molar-refractivity contribution in [1.29, 1.82) is 0 Å². The van der Waals surface area contributed by atoms with Crippen molar-refractivity contribution < 1.29 is 17.2 Å². The number of hydrogen-bond donors (Lipinski definition) is 3. The smallest absolute Gasteiger partial charge is 0.266 e. The monoisotopic (exact) mass is 494 g/mol. The lowest BCUT2D eigenvalue weighted by Gasteiger charge is -2.15. The lowest BCUT2D eigenvalue weighted by Crippen LogP contribution is -2.15. The minimum atomic E-state index is -4.24. The molecule has 9 nitrogen and oxygen atoms in total. The number of furan rings is 1. The molecule has 3 aromatic heterocycles.